The van der Waals surface area contributed by atoms with Gasteiger partial charge >= 0.3 is 0 Å². The van der Waals surface area contributed by atoms with Gasteiger partial charge in [-0.25, -0.2) is 4.98 Å². The second kappa shape index (κ2) is 8.15. The molecule has 3 aliphatic rings. The van der Waals surface area contributed by atoms with Crippen LogP contribution in [0.5, 0.6) is 0 Å². The van der Waals surface area contributed by atoms with Crippen LogP contribution in [-0.4, -0.2) is 60.7 Å². The number of nitrogens with zero attached hydrogens (tertiary/aromatic N) is 2. The first kappa shape index (κ1) is 18.7. The second-order valence-corrected chi connectivity index (χ2v) is 8.67. The third kappa shape index (κ3) is 4.43. The first-order valence-electron chi connectivity index (χ1n) is 10.5. The van der Waals surface area contributed by atoms with Gasteiger partial charge < -0.3 is 20.3 Å². The highest BCUT2D eigenvalue weighted by Crippen LogP contribution is 2.41. The van der Waals surface area contributed by atoms with Gasteiger partial charge in [-0.2, -0.15) is 0 Å². The predicted molar refractivity (Wildman–Crippen MR) is 106 cm³/mol. The average Bonchev–Trinajstić information content (AvgIpc) is 3.48. The molecule has 148 valence electrons. The van der Waals surface area contributed by atoms with Crippen LogP contribution in [0.2, 0.25) is 0 Å². The molecule has 0 aromatic carbocycles. The van der Waals surface area contributed by atoms with E-state index in [1.54, 1.807) is 0 Å². The van der Waals surface area contributed by atoms with E-state index < -0.39 is 0 Å². The number of ether oxygens (including phenoxy) is 1. The molecule has 0 unspecified atom stereocenters. The first-order valence-corrected chi connectivity index (χ1v) is 10.5. The molecule has 1 amide bonds. The standard InChI is InChI=1S/C21H32N4O2/c1-14(2)11-25(18-4-3-7-22-10-18)21(26)20-19(24-17-12-27-13-17)8-16(9-23-20)15-5-6-15/h8-9,14-15,17-18,22,24H,3-7,10-13H2,1-2H3/t18-/m0/s1. The van der Waals surface area contributed by atoms with E-state index in [0.29, 0.717) is 30.7 Å². The van der Waals surface area contributed by atoms with E-state index in [9.17, 15) is 4.79 Å². The normalized spacial score (nSPS) is 23.1. The lowest BCUT2D eigenvalue weighted by Crippen LogP contribution is -2.50. The molecule has 3 heterocycles. The van der Waals surface area contributed by atoms with E-state index in [0.717, 1.165) is 38.2 Å². The maximum absolute atomic E-state index is 13.5. The molecule has 3 fully saturated rings. The van der Waals surface area contributed by atoms with E-state index in [-0.39, 0.29) is 18.0 Å². The molecule has 6 heteroatoms. The summed E-state index contributed by atoms with van der Waals surface area (Å²) in [5.74, 6) is 1.11. The Hall–Kier alpha value is -1.66. The summed E-state index contributed by atoms with van der Waals surface area (Å²) in [5, 5.41) is 6.96. The van der Waals surface area contributed by atoms with Gasteiger partial charge in [0.25, 0.3) is 5.91 Å². The summed E-state index contributed by atoms with van der Waals surface area (Å²) in [4.78, 5) is 20.3. The van der Waals surface area contributed by atoms with Crippen LogP contribution >= 0.6 is 0 Å². The highest BCUT2D eigenvalue weighted by atomic mass is 16.5. The molecule has 0 bridgehead atoms. The Bertz CT molecular complexity index is 664. The van der Waals surface area contributed by atoms with Crippen LogP contribution in [0, 0.1) is 5.92 Å². The number of piperidine rings is 1. The average molecular weight is 373 g/mol. The van der Waals surface area contributed by atoms with Crippen molar-refractivity contribution in [3.8, 4) is 0 Å². The molecule has 1 aliphatic carbocycles. The Labute approximate surface area is 162 Å². The van der Waals surface area contributed by atoms with Crippen LogP contribution in [0.3, 0.4) is 0 Å². The highest BCUT2D eigenvalue weighted by Gasteiger charge is 2.32. The molecule has 2 saturated heterocycles. The van der Waals surface area contributed by atoms with Gasteiger partial charge in [0.2, 0.25) is 0 Å². The number of aromatic nitrogens is 1. The van der Waals surface area contributed by atoms with Gasteiger partial charge in [0, 0.05) is 25.3 Å². The van der Waals surface area contributed by atoms with Crippen molar-refractivity contribution in [2.24, 2.45) is 5.92 Å². The van der Waals surface area contributed by atoms with Gasteiger partial charge in [0.1, 0.15) is 0 Å². The second-order valence-electron chi connectivity index (χ2n) is 8.67. The fraction of sp³-hybridized carbons (Fsp3) is 0.714. The van der Waals surface area contributed by atoms with Crippen molar-refractivity contribution in [2.45, 2.75) is 57.5 Å². The molecular formula is C21H32N4O2. The molecule has 0 spiro atoms. The Balaban J connectivity index is 1.60. The molecule has 1 atom stereocenters. The lowest BCUT2D eigenvalue weighted by atomic mass is 10.0. The minimum Gasteiger partial charge on any atom is -0.377 e. The van der Waals surface area contributed by atoms with Gasteiger partial charge in [-0.15, -0.1) is 0 Å². The van der Waals surface area contributed by atoms with Crippen molar-refractivity contribution in [3.05, 3.63) is 23.5 Å². The number of hydrogen-bond donors (Lipinski definition) is 2. The van der Waals surface area contributed by atoms with Crippen LogP contribution in [0.15, 0.2) is 12.3 Å². The van der Waals surface area contributed by atoms with Gasteiger partial charge in [0.15, 0.2) is 5.69 Å². The summed E-state index contributed by atoms with van der Waals surface area (Å²) >= 11 is 0. The zero-order valence-corrected chi connectivity index (χ0v) is 16.5. The maximum atomic E-state index is 13.5. The summed E-state index contributed by atoms with van der Waals surface area (Å²) in [7, 11) is 0. The third-order valence-corrected chi connectivity index (χ3v) is 5.69. The first-order chi connectivity index (χ1) is 13.1. The Morgan fingerprint density at radius 1 is 1.37 bits per heavy atom. The van der Waals surface area contributed by atoms with Crippen LogP contribution in [0.25, 0.3) is 0 Å². The SMILES string of the molecule is CC(C)CN(C(=O)c1ncc(C2CC2)cc1NC1COC1)[C@H]1CCCNC1. The molecule has 1 saturated carbocycles. The van der Waals surface area contributed by atoms with Gasteiger partial charge in [-0.1, -0.05) is 13.8 Å². The number of rotatable bonds is 7. The Morgan fingerprint density at radius 3 is 2.78 bits per heavy atom. The molecular weight excluding hydrogens is 340 g/mol. The summed E-state index contributed by atoms with van der Waals surface area (Å²) in [6.07, 6.45) is 6.55. The zero-order chi connectivity index (χ0) is 18.8. The molecule has 27 heavy (non-hydrogen) atoms. The van der Waals surface area contributed by atoms with Crippen LogP contribution in [0.4, 0.5) is 5.69 Å². The van der Waals surface area contributed by atoms with Gasteiger partial charge in [0.05, 0.1) is 24.9 Å². The lowest BCUT2D eigenvalue weighted by Gasteiger charge is -2.36. The van der Waals surface area contributed by atoms with Crippen molar-refractivity contribution in [1.29, 1.82) is 0 Å². The minimum absolute atomic E-state index is 0.0579. The molecule has 1 aromatic heterocycles. The topological polar surface area (TPSA) is 66.5 Å². The van der Waals surface area contributed by atoms with Gasteiger partial charge in [-0.05, 0) is 55.7 Å². The smallest absolute Gasteiger partial charge is 0.274 e. The van der Waals surface area contributed by atoms with Crippen molar-refractivity contribution in [2.75, 3.05) is 38.2 Å². The van der Waals surface area contributed by atoms with Crippen molar-refractivity contribution in [1.82, 2.24) is 15.2 Å². The summed E-state index contributed by atoms with van der Waals surface area (Å²) in [6.45, 7) is 8.42. The quantitative estimate of drug-likeness (QED) is 0.770. The molecule has 2 N–H and O–H groups in total. The lowest BCUT2D eigenvalue weighted by molar-refractivity contribution is 0.0210. The van der Waals surface area contributed by atoms with Crippen molar-refractivity contribution >= 4 is 11.6 Å². The van der Waals surface area contributed by atoms with Crippen LogP contribution in [0.1, 0.15) is 61.5 Å². The number of pyridine rings is 1. The van der Waals surface area contributed by atoms with Crippen LogP contribution in [-0.2, 0) is 4.74 Å². The Morgan fingerprint density at radius 2 is 2.19 bits per heavy atom. The van der Waals surface area contributed by atoms with E-state index in [1.807, 2.05) is 6.20 Å². The monoisotopic (exact) mass is 372 g/mol. The molecule has 4 rings (SSSR count). The van der Waals surface area contributed by atoms with Crippen molar-refractivity contribution in [3.63, 3.8) is 0 Å². The van der Waals surface area contributed by atoms with E-state index in [4.69, 9.17) is 4.74 Å². The van der Waals surface area contributed by atoms with E-state index >= 15 is 0 Å². The van der Waals surface area contributed by atoms with E-state index in [1.165, 1.54) is 18.4 Å². The number of nitrogens with one attached hydrogen (secondary N) is 2. The fourth-order valence-electron chi connectivity index (χ4n) is 3.97. The number of anilines is 1. The number of carbonyl (C=O) groups is 1. The fourth-order valence-corrected chi connectivity index (χ4v) is 3.97. The maximum Gasteiger partial charge on any atom is 0.274 e. The summed E-state index contributed by atoms with van der Waals surface area (Å²) < 4.78 is 5.31. The minimum atomic E-state index is 0.0579. The van der Waals surface area contributed by atoms with Gasteiger partial charge in [-0.3, -0.25) is 4.79 Å². The van der Waals surface area contributed by atoms with Crippen molar-refractivity contribution < 1.29 is 9.53 Å². The number of amides is 1. The molecule has 1 aromatic rings. The Kier molecular flexibility index (Phi) is 5.64. The number of hydrogen-bond acceptors (Lipinski definition) is 5. The summed E-state index contributed by atoms with van der Waals surface area (Å²) in [5.41, 5.74) is 2.71. The highest BCUT2D eigenvalue weighted by molar-refractivity contribution is 5.98. The molecule has 0 radical (unpaired) electrons. The predicted octanol–water partition coefficient (Wildman–Crippen LogP) is 2.62. The number of carbonyl (C=O) groups excluding carboxylic acids is 1. The summed E-state index contributed by atoms with van der Waals surface area (Å²) in [6, 6.07) is 2.68. The van der Waals surface area contributed by atoms with E-state index in [2.05, 4.69) is 40.4 Å². The molecule has 6 nitrogen and oxygen atoms in total. The molecule has 2 aliphatic heterocycles. The van der Waals surface area contributed by atoms with Crippen LogP contribution < -0.4 is 10.6 Å². The zero-order valence-electron chi connectivity index (χ0n) is 16.5. The third-order valence-electron chi connectivity index (χ3n) is 5.69. The largest absolute Gasteiger partial charge is 0.377 e.